The Balaban J connectivity index is 2.18. The van der Waals surface area contributed by atoms with E-state index in [1.54, 1.807) is 18.3 Å². The lowest BCUT2D eigenvalue weighted by atomic mass is 9.92. The minimum absolute atomic E-state index is 0.0456. The third-order valence-electron chi connectivity index (χ3n) is 3.11. The predicted molar refractivity (Wildman–Crippen MR) is 99.8 cm³/mol. The van der Waals surface area contributed by atoms with Crippen LogP contribution in [0.4, 0.5) is 5.82 Å². The summed E-state index contributed by atoms with van der Waals surface area (Å²) in [6.07, 6.45) is 1.63. The third kappa shape index (κ3) is 5.29. The average molecular weight is 364 g/mol. The molecule has 2 aromatic rings. The molecule has 2 rings (SSSR count). The van der Waals surface area contributed by atoms with Crippen LogP contribution in [0.3, 0.4) is 0 Å². The van der Waals surface area contributed by atoms with E-state index in [4.69, 9.17) is 16.3 Å². The zero-order chi connectivity index (χ0) is 18.6. The summed E-state index contributed by atoms with van der Waals surface area (Å²) < 4.78 is 5.59. The molecule has 1 aromatic carbocycles. The largest absolute Gasteiger partial charge is 0.489 e. The van der Waals surface area contributed by atoms with E-state index < -0.39 is 5.69 Å². The van der Waals surface area contributed by atoms with Gasteiger partial charge in [0, 0.05) is 5.41 Å². The van der Waals surface area contributed by atoms with Crippen LogP contribution < -0.4 is 15.9 Å². The lowest BCUT2D eigenvalue weighted by Gasteiger charge is -2.18. The Hall–Kier alpha value is -2.41. The van der Waals surface area contributed by atoms with E-state index >= 15 is 0 Å². The molecule has 0 bridgehead atoms. The first-order valence-corrected chi connectivity index (χ1v) is 8.27. The van der Waals surface area contributed by atoms with Crippen LogP contribution in [-0.2, 0) is 5.41 Å². The SMILES string of the molecule is CC(C)Oc1ccc(/C=N/Nc2nc(=O)[nH]nc2C(C)(C)C)cc1Cl. The first-order chi connectivity index (χ1) is 11.7. The molecule has 0 radical (unpaired) electrons. The van der Waals surface area contributed by atoms with Crippen LogP contribution >= 0.6 is 11.6 Å². The summed E-state index contributed by atoms with van der Waals surface area (Å²) in [5.74, 6) is 0.940. The Morgan fingerprint density at radius 1 is 1.36 bits per heavy atom. The highest BCUT2D eigenvalue weighted by Gasteiger charge is 2.21. The Morgan fingerprint density at radius 2 is 2.08 bits per heavy atom. The van der Waals surface area contributed by atoms with Crippen molar-refractivity contribution in [2.75, 3.05) is 5.43 Å². The summed E-state index contributed by atoms with van der Waals surface area (Å²) in [4.78, 5) is 15.3. The summed E-state index contributed by atoms with van der Waals surface area (Å²) in [7, 11) is 0. The van der Waals surface area contributed by atoms with Crippen molar-refractivity contribution < 1.29 is 4.74 Å². The van der Waals surface area contributed by atoms with E-state index in [0.717, 1.165) is 5.56 Å². The highest BCUT2D eigenvalue weighted by molar-refractivity contribution is 6.32. The monoisotopic (exact) mass is 363 g/mol. The van der Waals surface area contributed by atoms with Gasteiger partial charge in [-0.2, -0.15) is 15.2 Å². The Kier molecular flexibility index (Phi) is 5.79. The molecule has 134 valence electrons. The molecule has 25 heavy (non-hydrogen) atoms. The normalized spacial score (nSPS) is 12.0. The van der Waals surface area contributed by atoms with Gasteiger partial charge in [-0.25, -0.2) is 9.89 Å². The van der Waals surface area contributed by atoms with Crippen LogP contribution in [0.2, 0.25) is 5.02 Å². The standard InChI is InChI=1S/C17H22ClN5O2/c1-10(2)25-13-7-6-11(8-12(13)18)9-19-22-15-14(17(3,4)5)21-23-16(24)20-15/h6-10H,1-5H3,(H2,20,22,23,24)/b19-9+. The van der Waals surface area contributed by atoms with E-state index in [9.17, 15) is 4.79 Å². The van der Waals surface area contributed by atoms with Crippen LogP contribution in [0.25, 0.3) is 0 Å². The lowest BCUT2D eigenvalue weighted by Crippen LogP contribution is -2.24. The Labute approximate surface area is 151 Å². The number of nitrogens with one attached hydrogen (secondary N) is 2. The van der Waals surface area contributed by atoms with Crippen molar-refractivity contribution >= 4 is 23.6 Å². The minimum Gasteiger partial charge on any atom is -0.489 e. The van der Waals surface area contributed by atoms with Gasteiger partial charge < -0.3 is 4.74 Å². The van der Waals surface area contributed by atoms with Crippen molar-refractivity contribution in [3.63, 3.8) is 0 Å². The fourth-order valence-electron chi connectivity index (χ4n) is 2.05. The number of benzene rings is 1. The Morgan fingerprint density at radius 3 is 2.68 bits per heavy atom. The van der Waals surface area contributed by atoms with Gasteiger partial charge in [0.25, 0.3) is 0 Å². The molecule has 7 nitrogen and oxygen atoms in total. The van der Waals surface area contributed by atoms with Crippen molar-refractivity contribution in [3.05, 3.63) is 45.0 Å². The molecule has 0 unspecified atom stereocenters. The maximum absolute atomic E-state index is 11.4. The van der Waals surface area contributed by atoms with Crippen molar-refractivity contribution in [2.45, 2.75) is 46.1 Å². The van der Waals surface area contributed by atoms with Crippen LogP contribution in [0, 0.1) is 0 Å². The highest BCUT2D eigenvalue weighted by atomic mass is 35.5. The first-order valence-electron chi connectivity index (χ1n) is 7.89. The predicted octanol–water partition coefficient (Wildman–Crippen LogP) is 3.35. The molecule has 0 spiro atoms. The molecule has 1 heterocycles. The molecule has 8 heteroatoms. The molecule has 0 saturated carbocycles. The smallest absolute Gasteiger partial charge is 0.363 e. The first kappa shape index (κ1) is 18.9. The number of hydrogen-bond acceptors (Lipinski definition) is 6. The van der Waals surface area contributed by atoms with E-state index in [0.29, 0.717) is 22.3 Å². The zero-order valence-electron chi connectivity index (χ0n) is 14.9. The van der Waals surface area contributed by atoms with Crippen molar-refractivity contribution in [1.82, 2.24) is 15.2 Å². The summed E-state index contributed by atoms with van der Waals surface area (Å²) >= 11 is 6.20. The van der Waals surface area contributed by atoms with Crippen molar-refractivity contribution in [1.29, 1.82) is 0 Å². The van der Waals surface area contributed by atoms with Crippen LogP contribution in [0.1, 0.15) is 45.9 Å². The van der Waals surface area contributed by atoms with Gasteiger partial charge in [0.15, 0.2) is 5.82 Å². The average Bonchev–Trinajstić information content (AvgIpc) is 2.48. The van der Waals surface area contributed by atoms with Gasteiger partial charge in [-0.1, -0.05) is 32.4 Å². The van der Waals surface area contributed by atoms with E-state index in [1.165, 1.54) is 0 Å². The van der Waals surface area contributed by atoms with E-state index in [2.05, 4.69) is 25.7 Å². The summed E-state index contributed by atoms with van der Waals surface area (Å²) in [6, 6.07) is 5.37. The summed E-state index contributed by atoms with van der Waals surface area (Å²) in [6.45, 7) is 9.78. The van der Waals surface area contributed by atoms with Crippen LogP contribution in [0.15, 0.2) is 28.1 Å². The van der Waals surface area contributed by atoms with E-state index in [-0.39, 0.29) is 11.5 Å². The Bertz CT molecular complexity index is 825. The van der Waals surface area contributed by atoms with Gasteiger partial charge >= 0.3 is 5.69 Å². The van der Waals surface area contributed by atoms with Crippen LogP contribution in [0.5, 0.6) is 5.75 Å². The summed E-state index contributed by atoms with van der Waals surface area (Å²) in [5.41, 5.74) is 3.34. The number of H-pyrrole nitrogens is 1. The van der Waals surface area contributed by atoms with Gasteiger partial charge in [0.2, 0.25) is 0 Å². The molecule has 0 saturated heterocycles. The molecule has 0 atom stereocenters. The second-order valence-corrected chi connectivity index (χ2v) is 7.22. The molecule has 0 amide bonds. The fraction of sp³-hybridized carbons (Fsp3) is 0.412. The van der Waals surface area contributed by atoms with E-state index in [1.807, 2.05) is 40.7 Å². The highest BCUT2D eigenvalue weighted by Crippen LogP contribution is 2.26. The number of aromatic nitrogens is 3. The van der Waals surface area contributed by atoms with Gasteiger partial charge in [-0.05, 0) is 37.6 Å². The van der Waals surface area contributed by atoms with Gasteiger partial charge in [0.05, 0.1) is 17.3 Å². The number of nitrogens with zero attached hydrogens (tertiary/aromatic N) is 3. The molecule has 0 aliphatic carbocycles. The maximum atomic E-state index is 11.4. The number of halogens is 1. The number of hydrazone groups is 1. The number of ether oxygens (including phenoxy) is 1. The van der Waals surface area contributed by atoms with Gasteiger partial charge in [-0.3, -0.25) is 5.43 Å². The van der Waals surface area contributed by atoms with Crippen LogP contribution in [-0.4, -0.2) is 27.5 Å². The number of anilines is 1. The molecule has 1 aromatic heterocycles. The fourth-order valence-corrected chi connectivity index (χ4v) is 2.29. The molecule has 0 fully saturated rings. The van der Waals surface area contributed by atoms with Crippen molar-refractivity contribution in [2.24, 2.45) is 5.10 Å². The molecule has 0 aliphatic heterocycles. The second-order valence-electron chi connectivity index (χ2n) is 6.81. The quantitative estimate of drug-likeness (QED) is 0.627. The molecule has 0 aliphatic rings. The maximum Gasteiger partial charge on any atom is 0.363 e. The molecular weight excluding hydrogens is 342 g/mol. The number of rotatable bonds is 5. The third-order valence-corrected chi connectivity index (χ3v) is 3.41. The molecular formula is C17H22ClN5O2. The van der Waals surface area contributed by atoms with Gasteiger partial charge in [-0.15, -0.1) is 0 Å². The van der Waals surface area contributed by atoms with Crippen molar-refractivity contribution in [3.8, 4) is 5.75 Å². The lowest BCUT2D eigenvalue weighted by molar-refractivity contribution is 0.242. The number of hydrogen-bond donors (Lipinski definition) is 2. The number of aromatic amines is 1. The summed E-state index contributed by atoms with van der Waals surface area (Å²) in [5, 5.41) is 11.0. The zero-order valence-corrected chi connectivity index (χ0v) is 15.7. The van der Waals surface area contributed by atoms with Gasteiger partial charge in [0.1, 0.15) is 11.4 Å². The molecule has 2 N–H and O–H groups in total. The second kappa shape index (κ2) is 7.65. The topological polar surface area (TPSA) is 92.3 Å². The minimum atomic E-state index is -0.538.